The molecule has 3 aromatic heterocycles. The first-order valence-electron chi connectivity index (χ1n) is 11.5. The highest BCUT2D eigenvalue weighted by Gasteiger charge is 2.33. The summed E-state index contributed by atoms with van der Waals surface area (Å²) in [6.45, 7) is 2.18. The SMILES string of the molecule is CCOC(=O)c1cnn(-c2nc(OC)c3c(cnn3Cc3cccc(-c4ccccc4C(F)(F)F)c3)n2)c1. The fraction of sp³-hybridized carbons (Fsp3) is 0.192. The molecule has 0 amide bonds. The number of nitrogens with zero attached hydrogens (tertiary/aromatic N) is 6. The molecule has 0 aliphatic heterocycles. The van der Waals surface area contributed by atoms with Crippen LogP contribution in [0.15, 0.2) is 67.1 Å². The van der Waals surface area contributed by atoms with Crippen molar-refractivity contribution in [3.05, 3.63) is 83.8 Å². The van der Waals surface area contributed by atoms with E-state index in [-0.39, 0.29) is 36.1 Å². The van der Waals surface area contributed by atoms with Gasteiger partial charge in [0.15, 0.2) is 0 Å². The predicted octanol–water partition coefficient (Wildman–Crippen LogP) is 4.93. The zero-order chi connectivity index (χ0) is 26.9. The normalized spacial score (nSPS) is 11.6. The minimum Gasteiger partial charge on any atom is -0.479 e. The van der Waals surface area contributed by atoms with E-state index in [1.54, 1.807) is 41.9 Å². The number of ether oxygens (including phenoxy) is 2. The zero-order valence-electron chi connectivity index (χ0n) is 20.3. The highest BCUT2D eigenvalue weighted by Crippen LogP contribution is 2.37. The second-order valence-electron chi connectivity index (χ2n) is 8.21. The summed E-state index contributed by atoms with van der Waals surface area (Å²) in [5.74, 6) is -0.135. The molecule has 5 rings (SSSR count). The third-order valence-electron chi connectivity index (χ3n) is 5.74. The number of halogens is 3. The van der Waals surface area contributed by atoms with Gasteiger partial charge in [-0.2, -0.15) is 28.4 Å². The molecule has 0 N–H and O–H groups in total. The maximum atomic E-state index is 13.6. The van der Waals surface area contributed by atoms with Gasteiger partial charge in [-0.1, -0.05) is 36.4 Å². The maximum Gasteiger partial charge on any atom is 0.417 e. The van der Waals surface area contributed by atoms with E-state index in [2.05, 4.69) is 20.2 Å². The fourth-order valence-electron chi connectivity index (χ4n) is 4.06. The van der Waals surface area contributed by atoms with Gasteiger partial charge in [0.25, 0.3) is 5.95 Å². The van der Waals surface area contributed by atoms with Crippen LogP contribution in [0.25, 0.3) is 28.1 Å². The number of esters is 1. The van der Waals surface area contributed by atoms with Crippen LogP contribution in [0.3, 0.4) is 0 Å². The third kappa shape index (κ3) is 4.80. The van der Waals surface area contributed by atoms with Crippen molar-refractivity contribution in [1.29, 1.82) is 0 Å². The Morgan fingerprint density at radius 1 is 1.03 bits per heavy atom. The first kappa shape index (κ1) is 24.9. The van der Waals surface area contributed by atoms with Gasteiger partial charge in [0.1, 0.15) is 11.0 Å². The topological polar surface area (TPSA) is 97.0 Å². The molecular formula is C26H21F3N6O3. The average molecular weight is 522 g/mol. The Balaban J connectivity index is 1.48. The highest BCUT2D eigenvalue weighted by molar-refractivity contribution is 5.88. The van der Waals surface area contributed by atoms with Crippen LogP contribution in [0.5, 0.6) is 5.88 Å². The van der Waals surface area contributed by atoms with Crippen molar-refractivity contribution >= 4 is 17.0 Å². The molecule has 0 aliphatic carbocycles. The van der Waals surface area contributed by atoms with Crippen molar-refractivity contribution in [3.8, 4) is 23.0 Å². The van der Waals surface area contributed by atoms with Gasteiger partial charge in [0, 0.05) is 6.20 Å². The molecule has 0 atom stereocenters. The lowest BCUT2D eigenvalue weighted by Gasteiger charge is -2.14. The van der Waals surface area contributed by atoms with E-state index in [4.69, 9.17) is 9.47 Å². The van der Waals surface area contributed by atoms with Crippen LogP contribution in [0, 0.1) is 0 Å². The molecule has 2 aromatic carbocycles. The Bertz CT molecular complexity index is 1630. The molecule has 5 aromatic rings. The molecule has 3 heterocycles. The van der Waals surface area contributed by atoms with Gasteiger partial charge < -0.3 is 9.47 Å². The van der Waals surface area contributed by atoms with Crippen LogP contribution < -0.4 is 4.74 Å². The molecule has 0 radical (unpaired) electrons. The van der Waals surface area contributed by atoms with Gasteiger partial charge in [0.2, 0.25) is 5.88 Å². The third-order valence-corrected chi connectivity index (χ3v) is 5.74. The predicted molar refractivity (Wildman–Crippen MR) is 131 cm³/mol. The van der Waals surface area contributed by atoms with Gasteiger partial charge in [-0.3, -0.25) is 4.68 Å². The van der Waals surface area contributed by atoms with E-state index in [1.807, 2.05) is 0 Å². The zero-order valence-corrected chi connectivity index (χ0v) is 20.3. The number of alkyl halides is 3. The number of fused-ring (bicyclic) bond motifs is 1. The second kappa shape index (κ2) is 9.96. The largest absolute Gasteiger partial charge is 0.479 e. The smallest absolute Gasteiger partial charge is 0.417 e. The molecule has 0 spiro atoms. The number of carbonyl (C=O) groups is 1. The van der Waals surface area contributed by atoms with E-state index in [9.17, 15) is 18.0 Å². The molecule has 38 heavy (non-hydrogen) atoms. The molecule has 0 saturated heterocycles. The van der Waals surface area contributed by atoms with Crippen LogP contribution in [0.4, 0.5) is 13.2 Å². The van der Waals surface area contributed by atoms with Gasteiger partial charge >= 0.3 is 12.1 Å². The fourth-order valence-corrected chi connectivity index (χ4v) is 4.06. The summed E-state index contributed by atoms with van der Waals surface area (Å²) in [4.78, 5) is 20.9. The molecule has 0 fully saturated rings. The Labute approximate surface area is 214 Å². The number of rotatable bonds is 7. The molecule has 9 nitrogen and oxygen atoms in total. The summed E-state index contributed by atoms with van der Waals surface area (Å²) < 4.78 is 54.1. The molecule has 194 valence electrons. The molecule has 12 heteroatoms. The summed E-state index contributed by atoms with van der Waals surface area (Å²) in [5.41, 5.74) is 1.76. The lowest BCUT2D eigenvalue weighted by Crippen LogP contribution is -2.08. The number of aromatic nitrogens is 6. The van der Waals surface area contributed by atoms with E-state index in [1.165, 1.54) is 42.5 Å². The van der Waals surface area contributed by atoms with Crippen molar-refractivity contribution < 1.29 is 27.4 Å². The summed E-state index contributed by atoms with van der Waals surface area (Å²) >= 11 is 0. The molecule has 0 saturated carbocycles. The minimum atomic E-state index is -4.47. The van der Waals surface area contributed by atoms with Crippen LogP contribution in [-0.2, 0) is 17.5 Å². The van der Waals surface area contributed by atoms with Crippen molar-refractivity contribution in [2.75, 3.05) is 13.7 Å². The van der Waals surface area contributed by atoms with Gasteiger partial charge in [0.05, 0.1) is 43.8 Å². The summed E-state index contributed by atoms with van der Waals surface area (Å²) in [5, 5.41) is 8.54. The lowest BCUT2D eigenvalue weighted by atomic mass is 9.98. The Kier molecular flexibility index (Phi) is 6.53. The van der Waals surface area contributed by atoms with Crippen molar-refractivity contribution in [1.82, 2.24) is 29.5 Å². The van der Waals surface area contributed by atoms with Crippen molar-refractivity contribution in [2.24, 2.45) is 0 Å². The molecule has 0 aliphatic rings. The van der Waals surface area contributed by atoms with E-state index < -0.39 is 17.7 Å². The Morgan fingerprint density at radius 3 is 2.61 bits per heavy atom. The van der Waals surface area contributed by atoms with E-state index in [0.29, 0.717) is 16.6 Å². The van der Waals surface area contributed by atoms with Crippen LogP contribution >= 0.6 is 0 Å². The summed E-state index contributed by atoms with van der Waals surface area (Å²) in [6.07, 6.45) is -0.140. The lowest BCUT2D eigenvalue weighted by molar-refractivity contribution is -0.137. The molecule has 0 unspecified atom stereocenters. The first-order chi connectivity index (χ1) is 18.3. The van der Waals surface area contributed by atoms with Gasteiger partial charge in [-0.25, -0.2) is 14.5 Å². The van der Waals surface area contributed by atoms with E-state index >= 15 is 0 Å². The second-order valence-corrected chi connectivity index (χ2v) is 8.21. The Hall–Kier alpha value is -4.74. The molecular weight excluding hydrogens is 501 g/mol. The van der Waals surface area contributed by atoms with Gasteiger partial charge in [-0.15, -0.1) is 0 Å². The van der Waals surface area contributed by atoms with E-state index in [0.717, 1.165) is 11.6 Å². The van der Waals surface area contributed by atoms with Crippen molar-refractivity contribution in [3.63, 3.8) is 0 Å². The van der Waals surface area contributed by atoms with Crippen LogP contribution in [0.2, 0.25) is 0 Å². The number of hydrogen-bond donors (Lipinski definition) is 0. The Morgan fingerprint density at radius 2 is 1.84 bits per heavy atom. The quantitative estimate of drug-likeness (QED) is 0.280. The van der Waals surface area contributed by atoms with Crippen LogP contribution in [-0.4, -0.2) is 49.2 Å². The number of methoxy groups -OCH3 is 1. The minimum absolute atomic E-state index is 0.0964. The number of carbonyl (C=O) groups excluding carboxylic acids is 1. The summed E-state index contributed by atoms with van der Waals surface area (Å²) in [6, 6.07) is 12.3. The standard InChI is InChI=1S/C26H21F3N6O3/c1-3-38-24(36)18-12-30-35(15-18)25-32-21-13-31-34(22(21)23(33-25)37-2)14-16-7-6-8-17(11-16)19-9-4-5-10-20(19)26(27,28)29/h4-13,15H,3,14H2,1-2H3. The van der Waals surface area contributed by atoms with Crippen LogP contribution in [0.1, 0.15) is 28.4 Å². The summed E-state index contributed by atoms with van der Waals surface area (Å²) in [7, 11) is 1.45. The van der Waals surface area contributed by atoms with Crippen molar-refractivity contribution in [2.45, 2.75) is 19.6 Å². The number of hydrogen-bond acceptors (Lipinski definition) is 7. The average Bonchev–Trinajstić information content (AvgIpc) is 3.56. The maximum absolute atomic E-state index is 13.6. The van der Waals surface area contributed by atoms with Gasteiger partial charge in [-0.05, 0) is 35.7 Å². The monoisotopic (exact) mass is 522 g/mol. The number of benzene rings is 2. The highest BCUT2D eigenvalue weighted by atomic mass is 19.4. The first-order valence-corrected chi connectivity index (χ1v) is 11.5. The molecule has 0 bridgehead atoms.